The van der Waals surface area contributed by atoms with Gasteiger partial charge in [-0.05, 0) is 81.6 Å². The molecule has 6 N–H and O–H groups in total. The third kappa shape index (κ3) is 9.73. The highest BCUT2D eigenvalue weighted by Gasteiger charge is 2.25. The Hall–Kier alpha value is -4.53. The number of nitrogens with one attached hydrogen (secondary N) is 4. The van der Waals surface area contributed by atoms with Crippen molar-refractivity contribution in [1.29, 1.82) is 5.41 Å². The first-order valence-corrected chi connectivity index (χ1v) is 16.8. The molecule has 46 heavy (non-hydrogen) atoms. The normalized spacial score (nSPS) is 12.3. The summed E-state index contributed by atoms with van der Waals surface area (Å²) in [5, 5.41) is 13.7. The molecule has 0 radical (unpaired) electrons. The molecule has 1 aromatic heterocycles. The van der Waals surface area contributed by atoms with E-state index < -0.39 is 27.8 Å². The van der Waals surface area contributed by atoms with E-state index in [2.05, 4.69) is 15.4 Å². The van der Waals surface area contributed by atoms with Gasteiger partial charge in [0.25, 0.3) is 0 Å². The van der Waals surface area contributed by atoms with Crippen LogP contribution in [-0.4, -0.2) is 50.5 Å². The third-order valence-electron chi connectivity index (χ3n) is 6.56. The third-order valence-corrected chi connectivity index (χ3v) is 9.16. The highest BCUT2D eigenvalue weighted by atomic mass is 32.2. The first-order chi connectivity index (χ1) is 21.7. The lowest BCUT2D eigenvalue weighted by atomic mass is 10.0. The molecule has 2 amide bonds. The summed E-state index contributed by atoms with van der Waals surface area (Å²) >= 11 is 1.35. The van der Waals surface area contributed by atoms with Crippen LogP contribution in [0, 0.1) is 5.41 Å². The van der Waals surface area contributed by atoms with Crippen molar-refractivity contribution in [2.24, 2.45) is 5.73 Å². The van der Waals surface area contributed by atoms with Gasteiger partial charge in [0.2, 0.25) is 15.9 Å². The van der Waals surface area contributed by atoms with Gasteiger partial charge in [-0.2, -0.15) is 0 Å². The first kappa shape index (κ1) is 34.3. The van der Waals surface area contributed by atoms with Crippen molar-refractivity contribution in [2.75, 3.05) is 19.0 Å². The molecule has 12 nitrogen and oxygen atoms in total. The molecule has 0 bridgehead atoms. The Balaban J connectivity index is 1.50. The number of aromatic nitrogens is 1. The molecule has 0 saturated heterocycles. The van der Waals surface area contributed by atoms with Gasteiger partial charge < -0.3 is 25.8 Å². The van der Waals surface area contributed by atoms with Gasteiger partial charge >= 0.3 is 6.09 Å². The summed E-state index contributed by atoms with van der Waals surface area (Å²) in [5.41, 5.74) is 7.37. The van der Waals surface area contributed by atoms with Crippen LogP contribution in [0.3, 0.4) is 0 Å². The lowest BCUT2D eigenvalue weighted by Crippen LogP contribution is -2.33. The smallest absolute Gasteiger partial charge is 0.407 e. The standard InChI is InChI=1S/C32H38N6O6S2/c1-32(2,3)44-31(40)35-15-7-12-28(39)36-22-10-6-11-24(18-22)46(41,42)38-26(17-20-8-5-9-21(16-20)29(33)34)30-37-25-14-13-23(43-4)19-27(25)45-30/h5-6,8-11,13-14,16,18-19,26,38H,7,12,15,17H2,1-4H3,(H3,33,34)(H,35,40)(H,36,39). The zero-order valence-corrected chi connectivity index (χ0v) is 27.7. The van der Waals surface area contributed by atoms with Crippen LogP contribution >= 0.6 is 11.3 Å². The molecule has 244 valence electrons. The number of amides is 2. The second-order valence-electron chi connectivity index (χ2n) is 11.5. The number of anilines is 1. The molecule has 0 aliphatic rings. The number of hydrogen-bond acceptors (Lipinski definition) is 9. The van der Waals surface area contributed by atoms with Gasteiger partial charge in [-0.15, -0.1) is 11.3 Å². The van der Waals surface area contributed by atoms with Gasteiger partial charge in [0, 0.05) is 24.2 Å². The Labute approximate surface area is 272 Å². The minimum atomic E-state index is -4.10. The first-order valence-electron chi connectivity index (χ1n) is 14.5. The van der Waals surface area contributed by atoms with E-state index in [4.69, 9.17) is 25.6 Å². The van der Waals surface area contributed by atoms with Gasteiger partial charge in [0.1, 0.15) is 22.2 Å². The average molecular weight is 667 g/mol. The molecule has 4 rings (SSSR count). The van der Waals surface area contributed by atoms with Crippen LogP contribution < -0.4 is 25.8 Å². The Morgan fingerprint density at radius 1 is 1.07 bits per heavy atom. The summed E-state index contributed by atoms with van der Waals surface area (Å²) in [4.78, 5) is 29.0. The SMILES string of the molecule is COc1ccc2nc(C(Cc3cccc(C(=N)N)c3)NS(=O)(=O)c3cccc(NC(=O)CCCNC(=O)OC(C)(C)C)c3)sc2c1. The van der Waals surface area contributed by atoms with Crippen molar-refractivity contribution in [3.8, 4) is 5.75 Å². The molecule has 3 aromatic carbocycles. The molecule has 1 heterocycles. The van der Waals surface area contributed by atoms with Gasteiger partial charge in [0.15, 0.2) is 0 Å². The Morgan fingerprint density at radius 3 is 2.54 bits per heavy atom. The molecule has 4 aromatic rings. The summed E-state index contributed by atoms with van der Waals surface area (Å²) in [6, 6.07) is 17.7. The number of hydrogen-bond donors (Lipinski definition) is 5. The number of carbonyl (C=O) groups excluding carboxylic acids is 2. The maximum atomic E-state index is 13.7. The molecule has 1 atom stereocenters. The van der Waals surface area contributed by atoms with Crippen molar-refractivity contribution in [1.82, 2.24) is 15.0 Å². The van der Waals surface area contributed by atoms with Crippen LogP contribution in [-0.2, 0) is 26.0 Å². The summed E-state index contributed by atoms with van der Waals surface area (Å²) in [5.74, 6) is 0.234. The molecule has 1 unspecified atom stereocenters. The van der Waals surface area contributed by atoms with Crippen LogP contribution in [0.5, 0.6) is 5.75 Å². The van der Waals surface area contributed by atoms with E-state index in [0.29, 0.717) is 33.9 Å². The van der Waals surface area contributed by atoms with E-state index in [1.165, 1.54) is 23.5 Å². The fraction of sp³-hybridized carbons (Fsp3) is 0.312. The molecule has 0 aliphatic carbocycles. The van der Waals surface area contributed by atoms with Gasteiger partial charge in [-0.3, -0.25) is 10.2 Å². The van der Waals surface area contributed by atoms with Crippen molar-refractivity contribution in [2.45, 2.75) is 56.6 Å². The Bertz CT molecular complexity index is 1830. The van der Waals surface area contributed by atoms with E-state index in [9.17, 15) is 18.0 Å². The molecule has 0 aliphatic heterocycles. The van der Waals surface area contributed by atoms with Gasteiger partial charge in [0.05, 0.1) is 28.3 Å². The summed E-state index contributed by atoms with van der Waals surface area (Å²) in [6.45, 7) is 5.53. The quantitative estimate of drug-likeness (QED) is 0.0741. The van der Waals surface area contributed by atoms with Crippen LogP contribution in [0.15, 0.2) is 71.6 Å². The number of thiazole rings is 1. The maximum Gasteiger partial charge on any atom is 0.407 e. The predicted molar refractivity (Wildman–Crippen MR) is 179 cm³/mol. The number of carbonyl (C=O) groups is 2. The van der Waals surface area contributed by atoms with E-state index in [1.807, 2.05) is 18.2 Å². The number of alkyl carbamates (subject to hydrolysis) is 1. The minimum Gasteiger partial charge on any atom is -0.497 e. The van der Waals surface area contributed by atoms with Crippen LogP contribution in [0.4, 0.5) is 10.5 Å². The number of nitrogens with zero attached hydrogens (tertiary/aromatic N) is 1. The molecule has 14 heteroatoms. The number of amidine groups is 1. The number of nitrogen functional groups attached to an aromatic ring is 1. The number of rotatable bonds is 13. The number of ether oxygens (including phenoxy) is 2. The largest absolute Gasteiger partial charge is 0.497 e. The summed E-state index contributed by atoms with van der Waals surface area (Å²) in [6.07, 6.45) is 0.152. The second kappa shape index (κ2) is 14.7. The average Bonchev–Trinajstić information content (AvgIpc) is 3.42. The zero-order valence-electron chi connectivity index (χ0n) is 26.0. The van der Waals surface area contributed by atoms with E-state index in [1.54, 1.807) is 64.3 Å². The van der Waals surface area contributed by atoms with Crippen molar-refractivity contribution in [3.05, 3.63) is 82.9 Å². The lowest BCUT2D eigenvalue weighted by Gasteiger charge is -2.19. The topological polar surface area (TPSA) is 186 Å². The van der Waals surface area contributed by atoms with Crippen molar-refractivity contribution >= 4 is 55.1 Å². The van der Waals surface area contributed by atoms with E-state index >= 15 is 0 Å². The molecule has 0 fully saturated rings. The van der Waals surface area contributed by atoms with E-state index in [0.717, 1.165) is 10.3 Å². The highest BCUT2D eigenvalue weighted by molar-refractivity contribution is 7.89. The van der Waals surface area contributed by atoms with Gasteiger partial charge in [-0.25, -0.2) is 22.9 Å². The number of benzene rings is 3. The second-order valence-corrected chi connectivity index (χ2v) is 14.3. The zero-order chi connectivity index (χ0) is 33.5. The summed E-state index contributed by atoms with van der Waals surface area (Å²) < 4.78 is 41.6. The summed E-state index contributed by atoms with van der Waals surface area (Å²) in [7, 11) is -2.52. The fourth-order valence-electron chi connectivity index (χ4n) is 4.45. The van der Waals surface area contributed by atoms with Crippen LogP contribution in [0.1, 0.15) is 55.8 Å². The molecule has 0 saturated carbocycles. The fourth-order valence-corrected chi connectivity index (χ4v) is 6.82. The van der Waals surface area contributed by atoms with Crippen molar-refractivity contribution < 1.29 is 27.5 Å². The highest BCUT2D eigenvalue weighted by Crippen LogP contribution is 2.32. The molecular weight excluding hydrogens is 629 g/mol. The number of methoxy groups -OCH3 is 1. The number of sulfonamides is 1. The van der Waals surface area contributed by atoms with E-state index in [-0.39, 0.29) is 36.0 Å². The Kier molecular flexibility index (Phi) is 11.0. The number of fused-ring (bicyclic) bond motifs is 1. The lowest BCUT2D eigenvalue weighted by molar-refractivity contribution is -0.116. The Morgan fingerprint density at radius 2 is 1.83 bits per heavy atom. The minimum absolute atomic E-state index is 0.0397. The monoisotopic (exact) mass is 666 g/mol. The predicted octanol–water partition coefficient (Wildman–Crippen LogP) is 5.09. The molecule has 0 spiro atoms. The van der Waals surface area contributed by atoms with Crippen LogP contribution in [0.2, 0.25) is 0 Å². The van der Waals surface area contributed by atoms with Gasteiger partial charge in [-0.1, -0.05) is 24.3 Å². The number of nitrogens with two attached hydrogens (primary N) is 1. The van der Waals surface area contributed by atoms with Crippen LogP contribution in [0.25, 0.3) is 10.2 Å². The molecular formula is C32H38N6O6S2. The maximum absolute atomic E-state index is 13.7. The van der Waals surface area contributed by atoms with Crippen molar-refractivity contribution in [3.63, 3.8) is 0 Å².